The maximum absolute atomic E-state index is 2.63. The van der Waals surface area contributed by atoms with Gasteiger partial charge in [-0.2, -0.15) is 0 Å². The molecule has 2 radical (unpaired) electrons. The molecule has 0 spiro atoms. The fourth-order valence-corrected chi connectivity index (χ4v) is 3.83. The fourth-order valence-electron chi connectivity index (χ4n) is 2.19. The summed E-state index contributed by atoms with van der Waals surface area (Å²) in [5.74, 6) is 0. The van der Waals surface area contributed by atoms with E-state index in [-0.39, 0.29) is 11.1 Å². The lowest BCUT2D eigenvalue weighted by Crippen LogP contribution is -2.52. The van der Waals surface area contributed by atoms with Crippen LogP contribution in [0.5, 0.6) is 0 Å². The summed E-state index contributed by atoms with van der Waals surface area (Å²) in [6.07, 6.45) is 0. The fraction of sp³-hybridized carbons (Fsp3) is 1.00. The summed E-state index contributed by atoms with van der Waals surface area (Å²) < 4.78 is 5.23. The molecule has 0 unspecified atom stereocenters. The molecular weight excluding hydrogens is 200 g/mol. The second-order valence-corrected chi connectivity index (χ2v) is 8.36. The van der Waals surface area contributed by atoms with E-state index in [1.54, 1.807) is 0 Å². The molecule has 15 heavy (non-hydrogen) atoms. The van der Waals surface area contributed by atoms with E-state index in [1.165, 1.54) is 6.54 Å². The Hall–Kier alpha value is 0.137. The highest BCUT2D eigenvalue weighted by atomic mass is 28.2. The van der Waals surface area contributed by atoms with Gasteiger partial charge in [0.25, 0.3) is 9.84 Å². The summed E-state index contributed by atoms with van der Waals surface area (Å²) >= 11 is 0. The number of hydrogen-bond donors (Lipinski definition) is 0. The van der Waals surface area contributed by atoms with E-state index in [0.717, 1.165) is 9.84 Å². The van der Waals surface area contributed by atoms with Gasteiger partial charge >= 0.3 is 0 Å². The van der Waals surface area contributed by atoms with Crippen molar-refractivity contribution in [1.29, 1.82) is 0 Å². The maximum Gasteiger partial charge on any atom is 0.252 e. The second-order valence-electron chi connectivity index (χ2n) is 7.18. The highest BCUT2D eigenvalue weighted by Gasteiger charge is 2.46. The largest absolute Gasteiger partial charge is 0.305 e. The van der Waals surface area contributed by atoms with Crippen molar-refractivity contribution >= 4 is 9.84 Å². The van der Waals surface area contributed by atoms with Crippen LogP contribution in [0, 0.1) is 0 Å². The van der Waals surface area contributed by atoms with Crippen LogP contribution in [0.25, 0.3) is 0 Å². The van der Waals surface area contributed by atoms with Crippen molar-refractivity contribution in [2.75, 3.05) is 6.54 Å². The standard InChI is InChI=1S/C12H26N2Si/c1-10(2,3)13-9-12(7,8)14(15-13)11(4,5)6/h9H2,1-8H3. The zero-order valence-electron chi connectivity index (χ0n) is 11.6. The molecular formula is C12H26N2Si. The van der Waals surface area contributed by atoms with Crippen molar-refractivity contribution in [2.24, 2.45) is 0 Å². The van der Waals surface area contributed by atoms with E-state index in [9.17, 15) is 0 Å². The van der Waals surface area contributed by atoms with Gasteiger partial charge in [0.15, 0.2) is 0 Å². The smallest absolute Gasteiger partial charge is 0.252 e. The van der Waals surface area contributed by atoms with Crippen molar-refractivity contribution in [1.82, 2.24) is 9.13 Å². The molecule has 0 aromatic rings. The minimum absolute atomic E-state index is 0.266. The first kappa shape index (κ1) is 13.2. The third-order valence-corrected chi connectivity index (χ3v) is 5.40. The summed E-state index contributed by atoms with van der Waals surface area (Å²) in [4.78, 5) is 0. The lowest BCUT2D eigenvalue weighted by atomic mass is 9.97. The predicted octanol–water partition coefficient (Wildman–Crippen LogP) is 2.51. The van der Waals surface area contributed by atoms with Crippen LogP contribution in [0.15, 0.2) is 0 Å². The third-order valence-electron chi connectivity index (χ3n) is 2.85. The molecule has 2 nitrogen and oxygen atoms in total. The van der Waals surface area contributed by atoms with Gasteiger partial charge in [-0.3, -0.25) is 0 Å². The molecule has 88 valence electrons. The zero-order chi connectivity index (χ0) is 12.1. The van der Waals surface area contributed by atoms with Crippen LogP contribution in [0.1, 0.15) is 55.4 Å². The molecule has 1 aliphatic rings. The summed E-state index contributed by atoms with van der Waals surface area (Å²) in [6.45, 7) is 19.8. The van der Waals surface area contributed by atoms with Crippen molar-refractivity contribution in [3.8, 4) is 0 Å². The zero-order valence-corrected chi connectivity index (χ0v) is 12.6. The van der Waals surface area contributed by atoms with Gasteiger partial charge < -0.3 is 9.13 Å². The van der Waals surface area contributed by atoms with Gasteiger partial charge in [0.1, 0.15) is 0 Å². The first-order chi connectivity index (χ1) is 6.44. The van der Waals surface area contributed by atoms with E-state index in [0.29, 0.717) is 5.54 Å². The molecule has 3 heteroatoms. The lowest BCUT2D eigenvalue weighted by Gasteiger charge is -2.41. The molecule has 0 aromatic heterocycles. The summed E-state index contributed by atoms with van der Waals surface area (Å²) in [5.41, 5.74) is 0.849. The average Bonchev–Trinajstić information content (AvgIpc) is 2.22. The minimum atomic E-state index is 0.266. The van der Waals surface area contributed by atoms with Crippen molar-refractivity contribution in [3.05, 3.63) is 0 Å². The van der Waals surface area contributed by atoms with Crippen LogP contribution in [-0.4, -0.2) is 42.1 Å². The number of rotatable bonds is 0. The highest BCUT2D eigenvalue weighted by molar-refractivity contribution is 6.30. The first-order valence-corrected chi connectivity index (χ1v) is 6.68. The Bertz CT molecular complexity index is 235. The Morgan fingerprint density at radius 1 is 0.933 bits per heavy atom. The van der Waals surface area contributed by atoms with Gasteiger partial charge in [0, 0.05) is 23.2 Å². The molecule has 0 amide bonds. The highest BCUT2D eigenvalue weighted by Crippen LogP contribution is 2.33. The van der Waals surface area contributed by atoms with Crippen LogP contribution in [0.2, 0.25) is 0 Å². The van der Waals surface area contributed by atoms with Crippen LogP contribution < -0.4 is 0 Å². The lowest BCUT2D eigenvalue weighted by molar-refractivity contribution is 0.139. The maximum atomic E-state index is 2.63. The monoisotopic (exact) mass is 226 g/mol. The molecule has 0 aliphatic carbocycles. The summed E-state index contributed by atoms with van der Waals surface area (Å²) in [6, 6.07) is 0. The Labute approximate surface area is 98.0 Å². The SMILES string of the molecule is CC(C)(C)N1CC(C)(C)N(C(C)(C)C)[Si]1. The summed E-state index contributed by atoms with van der Waals surface area (Å²) in [7, 11) is 0.812. The van der Waals surface area contributed by atoms with Crippen LogP contribution >= 0.6 is 0 Å². The van der Waals surface area contributed by atoms with Crippen molar-refractivity contribution < 1.29 is 0 Å². The van der Waals surface area contributed by atoms with Crippen LogP contribution in [0.4, 0.5) is 0 Å². The van der Waals surface area contributed by atoms with Gasteiger partial charge in [-0.05, 0) is 55.4 Å². The molecule has 1 rings (SSSR count). The Balaban J connectivity index is 2.87. The summed E-state index contributed by atoms with van der Waals surface area (Å²) in [5, 5.41) is 0. The molecule has 0 saturated carbocycles. The Morgan fingerprint density at radius 3 is 1.60 bits per heavy atom. The van der Waals surface area contributed by atoms with E-state index in [2.05, 4.69) is 64.5 Å². The van der Waals surface area contributed by atoms with Gasteiger partial charge in [-0.25, -0.2) is 0 Å². The topological polar surface area (TPSA) is 6.48 Å². The first-order valence-electron chi connectivity index (χ1n) is 5.79. The molecule has 0 N–H and O–H groups in total. The van der Waals surface area contributed by atoms with Gasteiger partial charge in [-0.1, -0.05) is 0 Å². The number of hydrogen-bond acceptors (Lipinski definition) is 2. The molecule has 1 fully saturated rings. The van der Waals surface area contributed by atoms with E-state index in [1.807, 2.05) is 0 Å². The molecule has 0 aromatic carbocycles. The van der Waals surface area contributed by atoms with E-state index in [4.69, 9.17) is 0 Å². The van der Waals surface area contributed by atoms with Crippen LogP contribution in [-0.2, 0) is 0 Å². The minimum Gasteiger partial charge on any atom is -0.305 e. The van der Waals surface area contributed by atoms with E-state index < -0.39 is 0 Å². The van der Waals surface area contributed by atoms with Crippen molar-refractivity contribution in [2.45, 2.75) is 72.0 Å². The van der Waals surface area contributed by atoms with Crippen LogP contribution in [0.3, 0.4) is 0 Å². The third kappa shape index (κ3) is 2.83. The molecule has 0 atom stereocenters. The van der Waals surface area contributed by atoms with E-state index >= 15 is 0 Å². The quantitative estimate of drug-likeness (QED) is 0.586. The van der Waals surface area contributed by atoms with Gasteiger partial charge in [0.2, 0.25) is 0 Å². The normalized spacial score (nSPS) is 24.8. The Morgan fingerprint density at radius 2 is 1.40 bits per heavy atom. The van der Waals surface area contributed by atoms with Crippen molar-refractivity contribution in [3.63, 3.8) is 0 Å². The predicted molar refractivity (Wildman–Crippen MR) is 67.9 cm³/mol. The van der Waals surface area contributed by atoms with Gasteiger partial charge in [0.05, 0.1) is 0 Å². The molecule has 1 saturated heterocycles. The van der Waals surface area contributed by atoms with Gasteiger partial charge in [-0.15, -0.1) is 0 Å². The second kappa shape index (κ2) is 3.57. The Kier molecular flexibility index (Phi) is 3.14. The molecule has 1 aliphatic heterocycles. The molecule has 1 heterocycles. The molecule has 0 bridgehead atoms. The number of nitrogens with zero attached hydrogens (tertiary/aromatic N) is 2. The average molecular weight is 226 g/mol.